The van der Waals surface area contributed by atoms with E-state index < -0.39 is 0 Å². The summed E-state index contributed by atoms with van der Waals surface area (Å²) in [7, 11) is 3.74. The Hall–Kier alpha value is -2.72. The van der Waals surface area contributed by atoms with E-state index in [0.29, 0.717) is 16.5 Å². The Morgan fingerprint density at radius 3 is 2.90 bits per heavy atom. The van der Waals surface area contributed by atoms with Crippen LogP contribution >= 0.6 is 11.3 Å². The number of nitrogens with zero attached hydrogens (tertiary/aromatic N) is 6. The predicted molar refractivity (Wildman–Crippen MR) is 83.3 cm³/mol. The Morgan fingerprint density at radius 1 is 1.38 bits per heavy atom. The Kier molecular flexibility index (Phi) is 3.38. The molecule has 0 fully saturated rings. The zero-order valence-corrected chi connectivity index (χ0v) is 12.4. The second kappa shape index (κ2) is 5.34. The van der Waals surface area contributed by atoms with E-state index in [9.17, 15) is 5.26 Å². The maximum Gasteiger partial charge on any atom is 0.213 e. The monoisotopic (exact) mass is 296 g/mol. The van der Waals surface area contributed by atoms with E-state index >= 15 is 0 Å². The van der Waals surface area contributed by atoms with Crippen LogP contribution in [0, 0.1) is 11.3 Å². The Morgan fingerprint density at radius 2 is 2.19 bits per heavy atom. The maximum absolute atomic E-state index is 9.18. The zero-order valence-electron chi connectivity index (χ0n) is 11.6. The molecule has 0 radical (unpaired) electrons. The standard InChI is InChI=1S/C14H12N6S/c1-19(2)9-16-13-10(7-15)8-17-20(13)14-18-11-5-3-4-6-12(11)21-14/h3-6,8-9H,1-2H3. The highest BCUT2D eigenvalue weighted by atomic mass is 32.1. The van der Waals surface area contributed by atoms with Crippen LogP contribution in [0.4, 0.5) is 5.82 Å². The van der Waals surface area contributed by atoms with Gasteiger partial charge in [-0.05, 0) is 12.1 Å². The second-order valence-electron chi connectivity index (χ2n) is 4.58. The first-order chi connectivity index (χ1) is 10.2. The topological polar surface area (TPSA) is 70.1 Å². The second-order valence-corrected chi connectivity index (χ2v) is 5.59. The van der Waals surface area contributed by atoms with Crippen molar-refractivity contribution in [2.45, 2.75) is 0 Å². The molecule has 0 spiro atoms. The highest BCUT2D eigenvalue weighted by Gasteiger charge is 2.14. The van der Waals surface area contributed by atoms with Gasteiger partial charge in [0.05, 0.1) is 22.8 Å². The molecule has 3 aromatic rings. The molecule has 0 aliphatic carbocycles. The van der Waals surface area contributed by atoms with Crippen LogP contribution in [-0.4, -0.2) is 40.1 Å². The number of aliphatic imine (C=N–C) groups is 1. The van der Waals surface area contributed by atoms with Crippen LogP contribution in [0.2, 0.25) is 0 Å². The number of nitriles is 1. The van der Waals surface area contributed by atoms with E-state index in [0.717, 1.165) is 10.2 Å². The van der Waals surface area contributed by atoms with E-state index in [1.54, 1.807) is 15.9 Å². The van der Waals surface area contributed by atoms with Crippen LogP contribution in [0.15, 0.2) is 35.5 Å². The van der Waals surface area contributed by atoms with Crippen molar-refractivity contribution in [1.29, 1.82) is 5.26 Å². The number of para-hydroxylation sites is 1. The summed E-state index contributed by atoms with van der Waals surface area (Å²) in [5.74, 6) is 0.491. The van der Waals surface area contributed by atoms with Gasteiger partial charge < -0.3 is 4.90 Å². The van der Waals surface area contributed by atoms with Crippen molar-refractivity contribution in [3.8, 4) is 11.2 Å². The molecular weight excluding hydrogens is 284 g/mol. The van der Waals surface area contributed by atoms with E-state index in [4.69, 9.17) is 0 Å². The summed E-state index contributed by atoms with van der Waals surface area (Å²) < 4.78 is 2.67. The lowest BCUT2D eigenvalue weighted by Gasteiger charge is -2.03. The molecule has 6 nitrogen and oxygen atoms in total. The Labute approximate surface area is 125 Å². The van der Waals surface area contributed by atoms with E-state index in [1.165, 1.54) is 17.5 Å². The summed E-state index contributed by atoms with van der Waals surface area (Å²) >= 11 is 1.52. The molecule has 104 valence electrons. The molecule has 0 aliphatic rings. The third kappa shape index (κ3) is 2.49. The van der Waals surface area contributed by atoms with Crippen LogP contribution in [0.3, 0.4) is 0 Å². The maximum atomic E-state index is 9.18. The molecule has 0 atom stereocenters. The van der Waals surface area contributed by atoms with Crippen molar-refractivity contribution in [2.75, 3.05) is 14.1 Å². The average molecular weight is 296 g/mol. The number of hydrogen-bond acceptors (Lipinski definition) is 5. The smallest absolute Gasteiger partial charge is 0.213 e. The van der Waals surface area contributed by atoms with Crippen molar-refractivity contribution in [2.24, 2.45) is 4.99 Å². The lowest BCUT2D eigenvalue weighted by molar-refractivity contribution is 0.642. The van der Waals surface area contributed by atoms with Gasteiger partial charge in [0.1, 0.15) is 11.6 Å². The molecule has 0 unspecified atom stereocenters. The fraction of sp³-hybridized carbons (Fsp3) is 0.143. The van der Waals surface area contributed by atoms with Crippen LogP contribution in [0.25, 0.3) is 15.3 Å². The van der Waals surface area contributed by atoms with Gasteiger partial charge in [-0.25, -0.2) is 9.98 Å². The molecule has 2 heterocycles. The van der Waals surface area contributed by atoms with Crippen molar-refractivity contribution >= 4 is 33.7 Å². The minimum Gasteiger partial charge on any atom is -0.369 e. The zero-order chi connectivity index (χ0) is 14.8. The van der Waals surface area contributed by atoms with E-state index in [-0.39, 0.29) is 0 Å². The Bertz CT molecular complexity index is 819. The third-order valence-corrected chi connectivity index (χ3v) is 3.75. The first-order valence-corrected chi connectivity index (χ1v) is 7.05. The quantitative estimate of drug-likeness (QED) is 0.550. The highest BCUT2D eigenvalue weighted by Crippen LogP contribution is 2.28. The molecule has 0 saturated carbocycles. The molecule has 1 aromatic carbocycles. The lowest BCUT2D eigenvalue weighted by Crippen LogP contribution is -2.07. The van der Waals surface area contributed by atoms with Gasteiger partial charge in [-0.1, -0.05) is 23.5 Å². The van der Waals surface area contributed by atoms with Gasteiger partial charge in [0.15, 0.2) is 5.82 Å². The summed E-state index contributed by atoms with van der Waals surface area (Å²) in [6.07, 6.45) is 3.15. The average Bonchev–Trinajstić information content (AvgIpc) is 3.07. The molecule has 0 N–H and O–H groups in total. The van der Waals surface area contributed by atoms with Crippen LogP contribution in [0.5, 0.6) is 0 Å². The van der Waals surface area contributed by atoms with Gasteiger partial charge in [0.2, 0.25) is 5.13 Å². The fourth-order valence-corrected chi connectivity index (χ4v) is 2.73. The minimum atomic E-state index is 0.423. The minimum absolute atomic E-state index is 0.423. The first kappa shape index (κ1) is 13.3. The van der Waals surface area contributed by atoms with Gasteiger partial charge in [0, 0.05) is 14.1 Å². The number of fused-ring (bicyclic) bond motifs is 1. The Balaban J connectivity index is 2.13. The lowest BCUT2D eigenvalue weighted by atomic mass is 10.3. The number of benzene rings is 1. The summed E-state index contributed by atoms with van der Waals surface area (Å²) in [4.78, 5) is 10.7. The summed E-state index contributed by atoms with van der Waals surface area (Å²) in [6, 6.07) is 9.98. The van der Waals surface area contributed by atoms with Crippen molar-refractivity contribution in [1.82, 2.24) is 19.7 Å². The highest BCUT2D eigenvalue weighted by molar-refractivity contribution is 7.20. The van der Waals surface area contributed by atoms with Gasteiger partial charge in [-0.2, -0.15) is 15.0 Å². The van der Waals surface area contributed by atoms with Crippen molar-refractivity contribution in [3.05, 3.63) is 36.0 Å². The van der Waals surface area contributed by atoms with Crippen LogP contribution in [0.1, 0.15) is 5.56 Å². The van der Waals surface area contributed by atoms with Gasteiger partial charge in [-0.3, -0.25) is 0 Å². The molecule has 7 heteroatoms. The number of thiazole rings is 1. The largest absolute Gasteiger partial charge is 0.369 e. The molecule has 21 heavy (non-hydrogen) atoms. The molecule has 0 aliphatic heterocycles. The van der Waals surface area contributed by atoms with Crippen molar-refractivity contribution < 1.29 is 0 Å². The van der Waals surface area contributed by atoms with Gasteiger partial charge in [0.25, 0.3) is 0 Å². The first-order valence-electron chi connectivity index (χ1n) is 6.23. The number of rotatable bonds is 3. The summed E-state index contributed by atoms with van der Waals surface area (Å²) in [5.41, 5.74) is 1.33. The molecule has 2 aromatic heterocycles. The van der Waals surface area contributed by atoms with Crippen LogP contribution in [-0.2, 0) is 0 Å². The van der Waals surface area contributed by atoms with E-state index in [2.05, 4.69) is 21.1 Å². The van der Waals surface area contributed by atoms with Crippen molar-refractivity contribution in [3.63, 3.8) is 0 Å². The fourth-order valence-electron chi connectivity index (χ4n) is 1.81. The molecule has 0 saturated heterocycles. The summed E-state index contributed by atoms with van der Waals surface area (Å²) in [5, 5.41) is 14.1. The number of aromatic nitrogens is 3. The number of hydrogen-bond donors (Lipinski definition) is 0. The van der Waals surface area contributed by atoms with Crippen LogP contribution < -0.4 is 0 Å². The van der Waals surface area contributed by atoms with Gasteiger partial charge in [-0.15, -0.1) is 0 Å². The molecule has 0 amide bonds. The molecule has 0 bridgehead atoms. The predicted octanol–water partition coefficient (Wildman–Crippen LogP) is 2.58. The summed E-state index contributed by atoms with van der Waals surface area (Å²) in [6.45, 7) is 0. The van der Waals surface area contributed by atoms with E-state index in [1.807, 2.05) is 38.4 Å². The normalized spacial score (nSPS) is 11.1. The van der Waals surface area contributed by atoms with Gasteiger partial charge >= 0.3 is 0 Å². The molecular formula is C14H12N6S. The molecule has 3 rings (SSSR count). The SMILES string of the molecule is CN(C)C=Nc1c(C#N)cnn1-c1nc2ccccc2s1. The third-order valence-electron chi connectivity index (χ3n) is 2.74.